The number of nitrogens with zero attached hydrogens (tertiary/aromatic N) is 2. The van der Waals surface area contributed by atoms with E-state index in [0.29, 0.717) is 27.8 Å². The van der Waals surface area contributed by atoms with Crippen molar-refractivity contribution >= 4 is 11.8 Å². The third-order valence-corrected chi connectivity index (χ3v) is 3.78. The fourth-order valence-corrected chi connectivity index (χ4v) is 2.50. The first-order chi connectivity index (χ1) is 10.2. The number of hydrogen-bond acceptors (Lipinski definition) is 4. The molecule has 0 unspecified atom stereocenters. The van der Waals surface area contributed by atoms with E-state index in [1.807, 2.05) is 6.07 Å². The molecule has 3 aromatic rings. The predicted molar refractivity (Wildman–Crippen MR) is 75.7 cm³/mol. The molecule has 3 rings (SSSR count). The highest BCUT2D eigenvalue weighted by atomic mass is 32.2. The minimum Gasteiger partial charge on any atom is -0.463 e. The largest absolute Gasteiger partial charge is 0.463 e. The second kappa shape index (κ2) is 6.05. The van der Waals surface area contributed by atoms with Crippen LogP contribution in [0.4, 0.5) is 8.78 Å². The first-order valence-corrected chi connectivity index (χ1v) is 7.15. The summed E-state index contributed by atoms with van der Waals surface area (Å²) < 4.78 is 31.1. The van der Waals surface area contributed by atoms with Crippen LogP contribution in [0.2, 0.25) is 0 Å². The second-order valence-electron chi connectivity index (χ2n) is 4.27. The van der Waals surface area contributed by atoms with Crippen LogP contribution in [0.3, 0.4) is 0 Å². The Hall–Kier alpha value is -2.21. The lowest BCUT2D eigenvalue weighted by Crippen LogP contribution is -1.90. The van der Waals surface area contributed by atoms with Crippen LogP contribution in [-0.4, -0.2) is 10.2 Å². The molecule has 0 bridgehead atoms. The summed E-state index contributed by atoms with van der Waals surface area (Å²) >= 11 is 1.40. The van der Waals surface area contributed by atoms with E-state index in [9.17, 15) is 8.78 Å². The fourth-order valence-electron chi connectivity index (χ4n) is 1.74. The van der Waals surface area contributed by atoms with E-state index >= 15 is 0 Å². The Kier molecular flexibility index (Phi) is 3.96. The molecule has 2 heterocycles. The zero-order valence-corrected chi connectivity index (χ0v) is 11.6. The lowest BCUT2D eigenvalue weighted by atomic mass is 10.2. The molecular weight excluding hydrogens is 294 g/mol. The van der Waals surface area contributed by atoms with Crippen molar-refractivity contribution in [3.05, 3.63) is 65.9 Å². The van der Waals surface area contributed by atoms with Crippen molar-refractivity contribution in [2.45, 2.75) is 10.8 Å². The van der Waals surface area contributed by atoms with Gasteiger partial charge >= 0.3 is 0 Å². The molecule has 0 saturated carbocycles. The zero-order valence-electron chi connectivity index (χ0n) is 10.8. The van der Waals surface area contributed by atoms with Crippen LogP contribution in [0.25, 0.3) is 11.5 Å². The van der Waals surface area contributed by atoms with Gasteiger partial charge in [-0.1, -0.05) is 17.8 Å². The molecule has 0 aliphatic heterocycles. The van der Waals surface area contributed by atoms with Crippen LogP contribution in [-0.2, 0) is 5.75 Å². The number of furan rings is 1. The van der Waals surface area contributed by atoms with Gasteiger partial charge < -0.3 is 4.42 Å². The van der Waals surface area contributed by atoms with Crippen molar-refractivity contribution in [3.8, 4) is 11.5 Å². The lowest BCUT2D eigenvalue weighted by Gasteiger charge is -2.02. The Morgan fingerprint density at radius 3 is 2.57 bits per heavy atom. The zero-order chi connectivity index (χ0) is 14.7. The van der Waals surface area contributed by atoms with Crippen molar-refractivity contribution < 1.29 is 13.2 Å². The molecular formula is C15H10F2N2OS. The smallest absolute Gasteiger partial charge is 0.159 e. The average Bonchev–Trinajstić information content (AvgIpc) is 3.03. The van der Waals surface area contributed by atoms with E-state index in [1.165, 1.54) is 17.8 Å². The summed E-state index contributed by atoms with van der Waals surface area (Å²) in [5, 5.41) is 8.85. The molecule has 0 spiro atoms. The van der Waals surface area contributed by atoms with Gasteiger partial charge in [-0.05, 0) is 42.0 Å². The van der Waals surface area contributed by atoms with Gasteiger partial charge in [-0.25, -0.2) is 8.78 Å². The number of benzene rings is 1. The van der Waals surface area contributed by atoms with Crippen LogP contribution < -0.4 is 0 Å². The first-order valence-electron chi connectivity index (χ1n) is 6.17. The maximum absolute atomic E-state index is 13.1. The highest BCUT2D eigenvalue weighted by molar-refractivity contribution is 7.98. The summed E-state index contributed by atoms with van der Waals surface area (Å²) in [5.74, 6) is -0.537. The van der Waals surface area contributed by atoms with Gasteiger partial charge in [-0.15, -0.1) is 10.2 Å². The second-order valence-corrected chi connectivity index (χ2v) is 5.27. The van der Waals surface area contributed by atoms with Gasteiger partial charge in [0.15, 0.2) is 17.4 Å². The van der Waals surface area contributed by atoms with E-state index in [1.54, 1.807) is 30.5 Å². The highest BCUT2D eigenvalue weighted by Crippen LogP contribution is 2.23. The fraction of sp³-hybridized carbons (Fsp3) is 0.0667. The Balaban J connectivity index is 1.66. The molecule has 0 atom stereocenters. The summed E-state index contributed by atoms with van der Waals surface area (Å²) in [5.41, 5.74) is 1.34. The summed E-state index contributed by atoms with van der Waals surface area (Å²) in [6.07, 6.45) is 1.57. The summed E-state index contributed by atoms with van der Waals surface area (Å²) in [6, 6.07) is 11.1. The van der Waals surface area contributed by atoms with Gasteiger partial charge in [0.25, 0.3) is 0 Å². The first kappa shape index (κ1) is 13.8. The molecule has 21 heavy (non-hydrogen) atoms. The van der Waals surface area contributed by atoms with E-state index in [0.717, 1.165) is 6.07 Å². The molecule has 0 N–H and O–H groups in total. The minimum atomic E-state index is -0.841. The Morgan fingerprint density at radius 2 is 1.90 bits per heavy atom. The van der Waals surface area contributed by atoms with Crippen molar-refractivity contribution in [2.24, 2.45) is 0 Å². The monoisotopic (exact) mass is 304 g/mol. The minimum absolute atomic E-state index is 0.492. The van der Waals surface area contributed by atoms with Crippen LogP contribution in [0.1, 0.15) is 5.56 Å². The molecule has 0 amide bonds. The Labute approximate surface area is 124 Å². The van der Waals surface area contributed by atoms with Gasteiger partial charge in [-0.3, -0.25) is 0 Å². The maximum Gasteiger partial charge on any atom is 0.159 e. The van der Waals surface area contributed by atoms with Gasteiger partial charge in [0.2, 0.25) is 0 Å². The normalized spacial score (nSPS) is 10.8. The SMILES string of the molecule is Fc1ccc(CSc2ccc(-c3ccco3)nn2)cc1F. The molecule has 0 fully saturated rings. The van der Waals surface area contributed by atoms with Crippen molar-refractivity contribution in [3.63, 3.8) is 0 Å². The van der Waals surface area contributed by atoms with Crippen LogP contribution in [0.15, 0.2) is 58.2 Å². The molecule has 106 valence electrons. The molecule has 0 radical (unpaired) electrons. The van der Waals surface area contributed by atoms with Gasteiger partial charge in [0, 0.05) is 5.75 Å². The Bertz CT molecular complexity index is 730. The van der Waals surface area contributed by atoms with Gasteiger partial charge in [0.1, 0.15) is 10.7 Å². The van der Waals surface area contributed by atoms with Crippen LogP contribution in [0.5, 0.6) is 0 Å². The van der Waals surface area contributed by atoms with Crippen molar-refractivity contribution in [1.82, 2.24) is 10.2 Å². The molecule has 6 heteroatoms. The number of thioether (sulfide) groups is 1. The van der Waals surface area contributed by atoms with Gasteiger partial charge in [0.05, 0.1) is 6.26 Å². The third kappa shape index (κ3) is 3.28. The quantitative estimate of drug-likeness (QED) is 0.673. The molecule has 0 aliphatic carbocycles. The molecule has 0 saturated heterocycles. The van der Waals surface area contributed by atoms with Gasteiger partial charge in [-0.2, -0.15) is 0 Å². The Morgan fingerprint density at radius 1 is 1.00 bits per heavy atom. The molecule has 1 aromatic carbocycles. The standard InChI is InChI=1S/C15H10F2N2OS/c16-11-4-3-10(8-12(11)17)9-21-15-6-5-13(18-19-15)14-2-1-7-20-14/h1-8H,9H2. The molecule has 2 aromatic heterocycles. The molecule has 0 aliphatic rings. The summed E-state index contributed by atoms with van der Waals surface area (Å²) in [4.78, 5) is 0. The maximum atomic E-state index is 13.1. The van der Waals surface area contributed by atoms with E-state index in [4.69, 9.17) is 4.42 Å². The lowest BCUT2D eigenvalue weighted by molar-refractivity contribution is 0.507. The third-order valence-electron chi connectivity index (χ3n) is 2.78. The summed E-state index contributed by atoms with van der Waals surface area (Å²) in [7, 11) is 0. The number of halogens is 2. The predicted octanol–water partition coefficient (Wildman–Crippen LogP) is 4.31. The van der Waals surface area contributed by atoms with E-state index in [-0.39, 0.29) is 0 Å². The summed E-state index contributed by atoms with van der Waals surface area (Å²) in [6.45, 7) is 0. The highest BCUT2D eigenvalue weighted by Gasteiger charge is 2.06. The molecule has 3 nitrogen and oxygen atoms in total. The average molecular weight is 304 g/mol. The van der Waals surface area contributed by atoms with E-state index < -0.39 is 11.6 Å². The van der Waals surface area contributed by atoms with Crippen molar-refractivity contribution in [1.29, 1.82) is 0 Å². The van der Waals surface area contributed by atoms with Crippen LogP contribution >= 0.6 is 11.8 Å². The number of hydrogen-bond donors (Lipinski definition) is 0. The van der Waals surface area contributed by atoms with Crippen molar-refractivity contribution in [2.75, 3.05) is 0 Å². The number of aromatic nitrogens is 2. The van der Waals surface area contributed by atoms with E-state index in [2.05, 4.69) is 10.2 Å². The van der Waals surface area contributed by atoms with Crippen LogP contribution in [0, 0.1) is 11.6 Å². The topological polar surface area (TPSA) is 38.9 Å². The number of rotatable bonds is 4.